The van der Waals surface area contributed by atoms with Crippen LogP contribution >= 0.6 is 34.8 Å². The molecule has 8 nitrogen and oxygen atoms in total. The molecule has 0 fully saturated rings. The third-order valence-electron chi connectivity index (χ3n) is 6.73. The molecule has 11 heteroatoms. The lowest BCUT2D eigenvalue weighted by Gasteiger charge is -2.22. The van der Waals surface area contributed by atoms with Crippen molar-refractivity contribution in [2.45, 2.75) is 122 Å². The van der Waals surface area contributed by atoms with Crippen molar-refractivity contribution in [2.75, 3.05) is 5.32 Å². The van der Waals surface area contributed by atoms with Gasteiger partial charge in [-0.2, -0.15) is 15.0 Å². The number of para-hydroxylation sites is 1. The molecule has 1 N–H and O–H groups in total. The number of esters is 1. The molecule has 0 amide bonds. The second-order valence-electron chi connectivity index (χ2n) is 10.4. The monoisotopic (exact) mass is 638 g/mol. The van der Waals surface area contributed by atoms with Crippen molar-refractivity contribution in [3.63, 3.8) is 0 Å². The molecule has 2 heterocycles. The predicted octanol–water partition coefficient (Wildman–Crippen LogP) is 10.2. The van der Waals surface area contributed by atoms with Gasteiger partial charge in [-0.3, -0.25) is 4.79 Å². The molecule has 1 aromatic heterocycles. The summed E-state index contributed by atoms with van der Waals surface area (Å²) in [4.78, 5) is 31.0. The summed E-state index contributed by atoms with van der Waals surface area (Å²) in [5.41, 5.74) is 0.669. The highest BCUT2D eigenvalue weighted by atomic mass is 35.5. The third kappa shape index (κ3) is 15.8. The van der Waals surface area contributed by atoms with E-state index in [0.29, 0.717) is 17.1 Å². The van der Waals surface area contributed by atoms with E-state index in [0.717, 1.165) is 12.8 Å². The predicted molar refractivity (Wildman–Crippen MR) is 176 cm³/mol. The highest BCUT2D eigenvalue weighted by molar-refractivity contribution is 6.33. The van der Waals surface area contributed by atoms with Crippen molar-refractivity contribution in [2.24, 2.45) is 9.98 Å². The Balaban J connectivity index is 0.000000327. The number of carbonyl (C=O) groups is 1. The van der Waals surface area contributed by atoms with Crippen LogP contribution in [0.4, 0.5) is 11.6 Å². The number of nitrogens with one attached hydrogen (secondary N) is 1. The Kier molecular flexibility index (Phi) is 18.3. The average molecular weight is 640 g/mol. The quantitative estimate of drug-likeness (QED) is 0.121. The fourth-order valence-corrected chi connectivity index (χ4v) is 5.13. The van der Waals surface area contributed by atoms with Gasteiger partial charge < -0.3 is 10.1 Å². The van der Waals surface area contributed by atoms with Crippen LogP contribution in [-0.2, 0) is 9.53 Å². The molecule has 0 unspecified atom stereocenters. The first kappa shape index (κ1) is 35.9. The van der Waals surface area contributed by atoms with Gasteiger partial charge in [0, 0.05) is 25.8 Å². The minimum Gasteiger partial charge on any atom is -0.416 e. The molecule has 0 bridgehead atoms. The fourth-order valence-electron chi connectivity index (χ4n) is 4.59. The Morgan fingerprint density at radius 2 is 1.21 bits per heavy atom. The summed E-state index contributed by atoms with van der Waals surface area (Å²) in [7, 11) is 0. The lowest BCUT2D eigenvalue weighted by molar-refractivity contribution is -0.155. The normalized spacial score (nSPS) is 13.1. The molecule has 0 atom stereocenters. The van der Waals surface area contributed by atoms with Crippen LogP contribution in [-0.4, -0.2) is 39.2 Å². The molecule has 0 saturated carbocycles. The highest BCUT2D eigenvalue weighted by Gasteiger charge is 2.32. The smallest absolute Gasteiger partial charge is 0.306 e. The standard InChI is InChI=1S/C22H40N2O2.C9H5Cl3N4/c1-3-4-5-6-7-8-9-10-11-12-13-14-15-16-17-18-22(26-21(2)25)23-19-20-24-22;10-5-3-1-2-4-6(5)13-9-15-7(11)14-8(12)16-9/h19-20H,3-18H2,1-2H3;1-4H,(H,13,14,15,16). The molecule has 2 aromatic rings. The largest absolute Gasteiger partial charge is 0.416 e. The highest BCUT2D eigenvalue weighted by Crippen LogP contribution is 2.26. The van der Waals surface area contributed by atoms with Crippen molar-refractivity contribution in [3.8, 4) is 0 Å². The van der Waals surface area contributed by atoms with Gasteiger partial charge in [0.2, 0.25) is 16.5 Å². The van der Waals surface area contributed by atoms with Crippen LogP contribution in [0.15, 0.2) is 34.3 Å². The van der Waals surface area contributed by atoms with Crippen molar-refractivity contribution >= 4 is 64.8 Å². The second kappa shape index (κ2) is 21.4. The summed E-state index contributed by atoms with van der Waals surface area (Å²) in [5, 5.41) is 3.49. The maximum absolute atomic E-state index is 11.2. The molecule has 3 rings (SSSR count). The maximum atomic E-state index is 11.2. The van der Waals surface area contributed by atoms with E-state index in [1.165, 1.54) is 90.4 Å². The molecule has 1 aromatic carbocycles. The number of rotatable bonds is 19. The van der Waals surface area contributed by atoms with Crippen LogP contribution in [0.3, 0.4) is 0 Å². The number of carbonyl (C=O) groups excluding carboxylic acids is 1. The topological polar surface area (TPSA) is 102 Å². The summed E-state index contributed by atoms with van der Waals surface area (Å²) in [6, 6.07) is 7.18. The van der Waals surface area contributed by atoms with Crippen molar-refractivity contribution in [3.05, 3.63) is 39.9 Å². The Hall–Kier alpha value is -2.29. The van der Waals surface area contributed by atoms with Gasteiger partial charge in [-0.1, -0.05) is 121 Å². The van der Waals surface area contributed by atoms with Crippen LogP contribution in [0, 0.1) is 0 Å². The molecule has 1 aliphatic heterocycles. The van der Waals surface area contributed by atoms with Gasteiger partial charge in [-0.05, 0) is 41.8 Å². The van der Waals surface area contributed by atoms with Crippen molar-refractivity contribution in [1.29, 1.82) is 0 Å². The van der Waals surface area contributed by atoms with E-state index in [2.05, 4.69) is 37.2 Å². The molecule has 42 heavy (non-hydrogen) atoms. The van der Waals surface area contributed by atoms with E-state index >= 15 is 0 Å². The minimum absolute atomic E-state index is 0.0227. The second-order valence-corrected chi connectivity index (χ2v) is 11.5. The van der Waals surface area contributed by atoms with Gasteiger partial charge in [0.25, 0.3) is 0 Å². The molecule has 0 saturated heterocycles. The van der Waals surface area contributed by atoms with E-state index in [-0.39, 0.29) is 22.5 Å². The van der Waals surface area contributed by atoms with E-state index < -0.39 is 5.85 Å². The van der Waals surface area contributed by atoms with E-state index in [1.54, 1.807) is 24.6 Å². The molecule has 0 radical (unpaired) electrons. The zero-order chi connectivity index (χ0) is 30.5. The number of ether oxygens (including phenoxy) is 1. The molecule has 1 aliphatic rings. The zero-order valence-corrected chi connectivity index (χ0v) is 27.2. The van der Waals surface area contributed by atoms with Crippen LogP contribution in [0.5, 0.6) is 0 Å². The summed E-state index contributed by atoms with van der Waals surface area (Å²) in [6.07, 6.45) is 24.1. The number of hydrogen-bond acceptors (Lipinski definition) is 8. The van der Waals surface area contributed by atoms with Crippen LogP contribution in [0.25, 0.3) is 0 Å². The van der Waals surface area contributed by atoms with Gasteiger partial charge in [-0.15, -0.1) is 0 Å². The van der Waals surface area contributed by atoms with Gasteiger partial charge >= 0.3 is 11.8 Å². The molecule has 0 spiro atoms. The number of nitrogens with zero attached hydrogens (tertiary/aromatic N) is 5. The number of aromatic nitrogens is 3. The van der Waals surface area contributed by atoms with Crippen LogP contribution in [0.2, 0.25) is 15.6 Å². The number of aliphatic imine (C=N–C) groups is 2. The van der Waals surface area contributed by atoms with Gasteiger partial charge in [0.1, 0.15) is 0 Å². The maximum Gasteiger partial charge on any atom is 0.306 e. The molecular weight excluding hydrogens is 595 g/mol. The van der Waals surface area contributed by atoms with Crippen molar-refractivity contribution in [1.82, 2.24) is 15.0 Å². The van der Waals surface area contributed by atoms with E-state index in [9.17, 15) is 4.79 Å². The van der Waals surface area contributed by atoms with Crippen LogP contribution < -0.4 is 5.32 Å². The first-order valence-electron chi connectivity index (χ1n) is 15.2. The minimum atomic E-state index is -0.956. The molecule has 232 valence electrons. The number of halogens is 3. The SMILES string of the molecule is CCCCCCCCCCCCCCCCCC1(OC(C)=O)N=CC=N1.Clc1nc(Cl)nc(Nc2ccccc2Cl)n1. The van der Waals surface area contributed by atoms with Gasteiger partial charge in [0.05, 0.1) is 10.7 Å². The summed E-state index contributed by atoms with van der Waals surface area (Å²) < 4.78 is 5.28. The molecule has 0 aliphatic carbocycles. The number of hydrogen-bond donors (Lipinski definition) is 1. The Morgan fingerprint density at radius 3 is 1.69 bits per heavy atom. The fraction of sp³-hybridized carbons (Fsp3) is 0.613. The Bertz CT molecular complexity index is 1080. The number of unbranched alkanes of at least 4 members (excludes halogenated alkanes) is 14. The lowest BCUT2D eigenvalue weighted by Crippen LogP contribution is -2.28. The first-order chi connectivity index (χ1) is 20.3. The van der Waals surface area contributed by atoms with Crippen LogP contribution in [0.1, 0.15) is 117 Å². The zero-order valence-electron chi connectivity index (χ0n) is 25.0. The number of benzene rings is 1. The summed E-state index contributed by atoms with van der Waals surface area (Å²) in [5.74, 6) is -1.03. The van der Waals surface area contributed by atoms with Gasteiger partial charge in [-0.25, -0.2) is 9.98 Å². The first-order valence-corrected chi connectivity index (χ1v) is 16.3. The Labute approximate surface area is 266 Å². The molecular formula is C31H45Cl3N6O2. The third-order valence-corrected chi connectivity index (χ3v) is 7.40. The van der Waals surface area contributed by atoms with Crippen molar-refractivity contribution < 1.29 is 9.53 Å². The van der Waals surface area contributed by atoms with E-state index in [4.69, 9.17) is 39.5 Å². The Morgan fingerprint density at radius 1 is 0.738 bits per heavy atom. The summed E-state index contributed by atoms with van der Waals surface area (Å²) in [6.45, 7) is 3.69. The van der Waals surface area contributed by atoms with E-state index in [1.807, 2.05) is 12.1 Å². The van der Waals surface area contributed by atoms with Gasteiger partial charge in [0.15, 0.2) is 0 Å². The number of anilines is 2. The average Bonchev–Trinajstić information content (AvgIpc) is 3.39. The summed E-state index contributed by atoms with van der Waals surface area (Å²) >= 11 is 17.2. The lowest BCUT2D eigenvalue weighted by atomic mass is 10.0.